The fraction of sp³-hybridized carbons (Fsp3) is 0.571. The molecule has 2 fully saturated rings. The molecule has 10 atom stereocenters. The molecule has 0 bridgehead atoms. The van der Waals surface area contributed by atoms with Crippen molar-refractivity contribution in [3.05, 3.63) is 29.8 Å². The lowest BCUT2D eigenvalue weighted by Crippen LogP contribution is -2.64. The Balaban J connectivity index is 1.55. The summed E-state index contributed by atoms with van der Waals surface area (Å²) in [6, 6.07) is 3.85. The van der Waals surface area contributed by atoms with Gasteiger partial charge < -0.3 is 64.9 Å². The zero-order valence-electron chi connectivity index (χ0n) is 18.1. The lowest BCUT2D eigenvalue weighted by Gasteiger charge is -2.45. The third kappa shape index (κ3) is 6.25. The van der Waals surface area contributed by atoms with Crippen molar-refractivity contribution >= 4 is 12.0 Å². The lowest BCUT2D eigenvalue weighted by atomic mass is 9.97. The van der Waals surface area contributed by atoms with Crippen LogP contribution in [-0.2, 0) is 23.7 Å². The summed E-state index contributed by atoms with van der Waals surface area (Å²) < 4.78 is 20.5. The van der Waals surface area contributed by atoms with Crippen LogP contribution in [0.25, 0.3) is 6.08 Å². The summed E-state index contributed by atoms with van der Waals surface area (Å²) in [7, 11) is 0. The fourth-order valence-electron chi connectivity index (χ4n) is 3.56. The largest absolute Gasteiger partial charge is 0.504 e. The number of aromatic hydroxyl groups is 2. The SMILES string of the molecule is O=C(C=Cc1ccc(O)c(O)c1)OCC1OC(O)C(OC2OC(CO)C(O)C(O)C2O)C(O)C1O. The summed E-state index contributed by atoms with van der Waals surface area (Å²) in [6.45, 7) is -1.30. The lowest BCUT2D eigenvalue weighted by molar-refractivity contribution is -0.361. The van der Waals surface area contributed by atoms with E-state index in [1.165, 1.54) is 24.3 Å². The van der Waals surface area contributed by atoms with Gasteiger partial charge in [0.15, 0.2) is 24.1 Å². The van der Waals surface area contributed by atoms with E-state index in [1.54, 1.807) is 0 Å². The maximum Gasteiger partial charge on any atom is 0.330 e. The third-order valence-electron chi connectivity index (χ3n) is 5.60. The van der Waals surface area contributed by atoms with E-state index in [0.717, 1.165) is 6.08 Å². The second-order valence-electron chi connectivity index (χ2n) is 8.06. The summed E-state index contributed by atoms with van der Waals surface area (Å²) in [5, 5.41) is 88.6. The molecule has 196 valence electrons. The highest BCUT2D eigenvalue weighted by molar-refractivity contribution is 5.87. The summed E-state index contributed by atoms with van der Waals surface area (Å²) >= 11 is 0. The van der Waals surface area contributed by atoms with Crippen LogP contribution in [0.2, 0.25) is 0 Å². The molecule has 3 rings (SSSR count). The van der Waals surface area contributed by atoms with Gasteiger partial charge >= 0.3 is 5.97 Å². The first kappa shape index (κ1) is 27.2. The van der Waals surface area contributed by atoms with Gasteiger partial charge in [0.2, 0.25) is 0 Å². The maximum atomic E-state index is 11.9. The minimum Gasteiger partial charge on any atom is -0.504 e. The highest BCUT2D eigenvalue weighted by atomic mass is 16.7. The molecule has 2 saturated heterocycles. The molecule has 2 aliphatic heterocycles. The molecular weight excluding hydrogens is 476 g/mol. The topological polar surface area (TPSA) is 236 Å². The Labute approximate surface area is 198 Å². The third-order valence-corrected chi connectivity index (χ3v) is 5.60. The first-order valence-electron chi connectivity index (χ1n) is 10.6. The number of esters is 1. The van der Waals surface area contributed by atoms with Crippen LogP contribution in [0.5, 0.6) is 11.5 Å². The number of phenols is 2. The molecule has 9 N–H and O–H groups in total. The number of hydrogen-bond acceptors (Lipinski definition) is 14. The van der Waals surface area contributed by atoms with Crippen molar-refractivity contribution in [3.8, 4) is 11.5 Å². The Hall–Kier alpha value is -2.37. The number of ether oxygens (including phenoxy) is 4. The highest BCUT2D eigenvalue weighted by Crippen LogP contribution is 2.29. The monoisotopic (exact) mass is 504 g/mol. The van der Waals surface area contributed by atoms with Gasteiger partial charge in [0, 0.05) is 6.08 Å². The second kappa shape index (κ2) is 11.6. The highest BCUT2D eigenvalue weighted by Gasteiger charge is 2.50. The molecule has 10 unspecified atom stereocenters. The van der Waals surface area contributed by atoms with Crippen molar-refractivity contribution in [2.24, 2.45) is 0 Å². The number of phenolic OH excluding ortho intramolecular Hbond substituents is 2. The Morgan fingerprint density at radius 2 is 1.57 bits per heavy atom. The van der Waals surface area contributed by atoms with Gasteiger partial charge in [-0.1, -0.05) is 6.07 Å². The summed E-state index contributed by atoms with van der Waals surface area (Å²) in [6.07, 6.45) is -14.4. The van der Waals surface area contributed by atoms with E-state index in [4.69, 9.17) is 18.9 Å². The molecule has 1 aromatic rings. The van der Waals surface area contributed by atoms with Gasteiger partial charge in [-0.05, 0) is 23.8 Å². The molecule has 0 saturated carbocycles. The van der Waals surface area contributed by atoms with Gasteiger partial charge in [-0.25, -0.2) is 4.79 Å². The first-order valence-corrected chi connectivity index (χ1v) is 10.6. The molecule has 2 aliphatic rings. The van der Waals surface area contributed by atoms with E-state index in [0.29, 0.717) is 5.56 Å². The van der Waals surface area contributed by atoms with Crippen LogP contribution in [0.4, 0.5) is 0 Å². The minimum absolute atomic E-state index is 0.334. The number of aliphatic hydroxyl groups excluding tert-OH is 7. The predicted molar refractivity (Wildman–Crippen MR) is 111 cm³/mol. The van der Waals surface area contributed by atoms with Gasteiger partial charge in [-0.2, -0.15) is 0 Å². The van der Waals surface area contributed by atoms with Gasteiger partial charge in [0.1, 0.15) is 55.4 Å². The average Bonchev–Trinajstić information content (AvgIpc) is 2.83. The smallest absolute Gasteiger partial charge is 0.330 e. The summed E-state index contributed by atoms with van der Waals surface area (Å²) in [5.74, 6) is -1.60. The Kier molecular flexibility index (Phi) is 9.00. The van der Waals surface area contributed by atoms with Crippen molar-refractivity contribution < 1.29 is 69.7 Å². The van der Waals surface area contributed by atoms with Gasteiger partial charge in [0.25, 0.3) is 0 Å². The molecule has 2 heterocycles. The van der Waals surface area contributed by atoms with Crippen molar-refractivity contribution in [2.45, 2.75) is 61.4 Å². The molecule has 14 nitrogen and oxygen atoms in total. The number of aliphatic hydroxyl groups is 7. The van der Waals surface area contributed by atoms with Crippen molar-refractivity contribution in [1.82, 2.24) is 0 Å². The Bertz CT molecular complexity index is 891. The molecule has 0 spiro atoms. The maximum absolute atomic E-state index is 11.9. The zero-order chi connectivity index (χ0) is 25.9. The fourth-order valence-corrected chi connectivity index (χ4v) is 3.56. The van der Waals surface area contributed by atoms with Gasteiger partial charge in [-0.3, -0.25) is 0 Å². The first-order chi connectivity index (χ1) is 16.5. The molecule has 0 aromatic heterocycles. The van der Waals surface area contributed by atoms with Gasteiger partial charge in [-0.15, -0.1) is 0 Å². The summed E-state index contributed by atoms with van der Waals surface area (Å²) in [4.78, 5) is 11.9. The number of rotatable bonds is 7. The normalized spacial score (nSPS) is 37.9. The number of carbonyl (C=O) groups is 1. The van der Waals surface area contributed by atoms with Crippen molar-refractivity contribution in [3.63, 3.8) is 0 Å². The molecule has 1 aromatic carbocycles. The molecule has 14 heteroatoms. The van der Waals surface area contributed by atoms with Crippen LogP contribution in [-0.4, -0.2) is 127 Å². The number of carbonyl (C=O) groups excluding carboxylic acids is 1. The average molecular weight is 504 g/mol. The van der Waals surface area contributed by atoms with E-state index in [1.807, 2.05) is 0 Å². The van der Waals surface area contributed by atoms with Crippen LogP contribution in [0.15, 0.2) is 24.3 Å². The minimum atomic E-state index is -1.89. The predicted octanol–water partition coefficient (Wildman–Crippen LogP) is -3.72. The van der Waals surface area contributed by atoms with Crippen LogP contribution >= 0.6 is 0 Å². The van der Waals surface area contributed by atoms with E-state index in [2.05, 4.69) is 0 Å². The van der Waals surface area contributed by atoms with E-state index in [-0.39, 0.29) is 11.5 Å². The molecule has 0 amide bonds. The molecule has 0 radical (unpaired) electrons. The number of hydrogen-bond donors (Lipinski definition) is 9. The van der Waals surface area contributed by atoms with E-state index in [9.17, 15) is 50.8 Å². The second-order valence-corrected chi connectivity index (χ2v) is 8.06. The molecular formula is C21H28O14. The van der Waals surface area contributed by atoms with Crippen LogP contribution < -0.4 is 0 Å². The van der Waals surface area contributed by atoms with Gasteiger partial charge in [0.05, 0.1) is 6.61 Å². The van der Waals surface area contributed by atoms with E-state index >= 15 is 0 Å². The zero-order valence-corrected chi connectivity index (χ0v) is 18.1. The van der Waals surface area contributed by atoms with Crippen molar-refractivity contribution in [1.29, 1.82) is 0 Å². The van der Waals surface area contributed by atoms with Crippen LogP contribution in [0.1, 0.15) is 5.56 Å². The Morgan fingerprint density at radius 1 is 0.886 bits per heavy atom. The van der Waals surface area contributed by atoms with E-state index < -0.39 is 80.6 Å². The van der Waals surface area contributed by atoms with Crippen LogP contribution in [0.3, 0.4) is 0 Å². The van der Waals surface area contributed by atoms with Crippen LogP contribution in [0, 0.1) is 0 Å². The number of benzene rings is 1. The summed E-state index contributed by atoms with van der Waals surface area (Å²) in [5.41, 5.74) is 0.380. The molecule has 0 aliphatic carbocycles. The molecule has 35 heavy (non-hydrogen) atoms. The standard InChI is InChI=1S/C21H28O14/c22-6-11-14(26)16(28)18(30)21(34-11)35-19-17(29)15(27)12(33-20(19)31)7-32-13(25)4-2-8-1-3-9(23)10(24)5-8/h1-5,11-12,14-24,26-31H,6-7H2. The van der Waals surface area contributed by atoms with Crippen molar-refractivity contribution in [2.75, 3.05) is 13.2 Å². The Morgan fingerprint density at radius 3 is 2.23 bits per heavy atom. The quantitative estimate of drug-likeness (QED) is 0.0986.